The van der Waals surface area contributed by atoms with Gasteiger partial charge in [0.15, 0.2) is 0 Å². The van der Waals surface area contributed by atoms with Gasteiger partial charge < -0.3 is 15.2 Å². The van der Waals surface area contributed by atoms with Crippen molar-refractivity contribution in [1.82, 2.24) is 0 Å². The molecule has 0 heterocycles. The third-order valence-corrected chi connectivity index (χ3v) is 3.57. The van der Waals surface area contributed by atoms with E-state index in [2.05, 4.69) is 22.9 Å². The molecule has 0 aliphatic carbocycles. The summed E-state index contributed by atoms with van der Waals surface area (Å²) in [7, 11) is 1.67. The maximum absolute atomic E-state index is 6.18. The van der Waals surface area contributed by atoms with Crippen LogP contribution in [0.25, 0.3) is 0 Å². The number of nitrogens with two attached hydrogens (primary N) is 1. The van der Waals surface area contributed by atoms with Crippen LogP contribution in [0.2, 0.25) is 0 Å². The summed E-state index contributed by atoms with van der Waals surface area (Å²) in [5, 5.41) is 0. The number of halogens is 1. The van der Waals surface area contributed by atoms with E-state index in [9.17, 15) is 0 Å². The summed E-state index contributed by atoms with van der Waals surface area (Å²) < 4.78 is 12.2. The van der Waals surface area contributed by atoms with Gasteiger partial charge in [0.25, 0.3) is 0 Å². The molecule has 4 heteroatoms. The first-order valence-corrected chi connectivity index (χ1v) is 7.03. The minimum atomic E-state index is -0.115. The van der Waals surface area contributed by atoms with Crippen LogP contribution in [-0.2, 0) is 9.47 Å². The van der Waals surface area contributed by atoms with Gasteiger partial charge in [-0.05, 0) is 25.0 Å². The van der Waals surface area contributed by atoms with Crippen molar-refractivity contribution < 1.29 is 9.47 Å². The molecule has 3 nitrogen and oxygen atoms in total. The van der Waals surface area contributed by atoms with Gasteiger partial charge in [-0.3, -0.25) is 0 Å². The van der Waals surface area contributed by atoms with Crippen LogP contribution in [0.3, 0.4) is 0 Å². The Kier molecular flexibility index (Phi) is 6.86. The Bertz CT molecular complexity index is 359. The van der Waals surface area contributed by atoms with E-state index in [1.54, 1.807) is 7.11 Å². The Balaban J connectivity index is 2.88. The van der Waals surface area contributed by atoms with Crippen molar-refractivity contribution in [2.45, 2.75) is 38.5 Å². The second kappa shape index (κ2) is 7.89. The lowest BCUT2D eigenvalue weighted by Gasteiger charge is -2.27. The van der Waals surface area contributed by atoms with Crippen LogP contribution in [0.5, 0.6) is 0 Å². The van der Waals surface area contributed by atoms with Gasteiger partial charge in [-0.2, -0.15) is 0 Å². The first-order chi connectivity index (χ1) is 8.60. The first kappa shape index (κ1) is 15.6. The lowest BCUT2D eigenvalue weighted by molar-refractivity contribution is -0.0510. The fourth-order valence-corrected chi connectivity index (χ4v) is 2.36. The molecule has 3 atom stereocenters. The Labute approximate surface area is 118 Å². The summed E-state index contributed by atoms with van der Waals surface area (Å²) in [4.78, 5) is 0. The molecule has 0 saturated carbocycles. The highest BCUT2D eigenvalue weighted by molar-refractivity contribution is 9.10. The molecule has 18 heavy (non-hydrogen) atoms. The van der Waals surface area contributed by atoms with Gasteiger partial charge in [-0.1, -0.05) is 41.1 Å². The number of hydrogen-bond donors (Lipinski definition) is 1. The lowest BCUT2D eigenvalue weighted by atomic mass is 10.0. The highest BCUT2D eigenvalue weighted by Gasteiger charge is 2.23. The van der Waals surface area contributed by atoms with E-state index in [0.29, 0.717) is 6.61 Å². The molecule has 2 N–H and O–H groups in total. The zero-order valence-corrected chi connectivity index (χ0v) is 12.8. The Morgan fingerprint density at radius 2 is 2.00 bits per heavy atom. The van der Waals surface area contributed by atoms with Gasteiger partial charge in [-0.15, -0.1) is 0 Å². The van der Waals surface area contributed by atoms with Gasteiger partial charge in [0, 0.05) is 17.6 Å². The molecule has 0 fully saturated rings. The Morgan fingerprint density at radius 3 is 2.56 bits per heavy atom. The van der Waals surface area contributed by atoms with E-state index in [1.165, 1.54) is 0 Å². The number of benzene rings is 1. The third-order valence-electron chi connectivity index (χ3n) is 2.85. The highest BCUT2D eigenvalue weighted by atomic mass is 79.9. The Morgan fingerprint density at radius 1 is 1.33 bits per heavy atom. The summed E-state index contributed by atoms with van der Waals surface area (Å²) in [5.74, 6) is 0. The van der Waals surface area contributed by atoms with Crippen LogP contribution in [0.15, 0.2) is 28.7 Å². The fraction of sp³-hybridized carbons (Fsp3) is 0.571. The maximum Gasteiger partial charge on any atom is 0.0991 e. The van der Waals surface area contributed by atoms with Crippen molar-refractivity contribution in [3.8, 4) is 0 Å². The Hall–Kier alpha value is -0.420. The van der Waals surface area contributed by atoms with E-state index in [1.807, 2.05) is 31.2 Å². The number of ether oxygens (including phenoxy) is 2. The molecule has 0 bridgehead atoms. The smallest absolute Gasteiger partial charge is 0.0991 e. The van der Waals surface area contributed by atoms with Crippen LogP contribution >= 0.6 is 15.9 Å². The molecule has 0 spiro atoms. The molecular formula is C14H22BrNO2. The number of rotatable bonds is 7. The zero-order chi connectivity index (χ0) is 13.5. The monoisotopic (exact) mass is 315 g/mol. The van der Waals surface area contributed by atoms with Gasteiger partial charge in [0.05, 0.1) is 18.8 Å². The summed E-state index contributed by atoms with van der Waals surface area (Å²) in [6.07, 6.45) is 0.770. The predicted molar refractivity (Wildman–Crippen MR) is 77.6 cm³/mol. The summed E-state index contributed by atoms with van der Waals surface area (Å²) in [6.45, 7) is 4.63. The van der Waals surface area contributed by atoms with E-state index < -0.39 is 0 Å². The summed E-state index contributed by atoms with van der Waals surface area (Å²) >= 11 is 3.56. The standard InChI is InChI=1S/C14H22BrNO2/c1-4-13(16)14(18-10(2)9-17-3)11-7-5-6-8-12(11)15/h5-8,10,13-14H,4,9,16H2,1-3H3. The second-order valence-corrected chi connectivity index (χ2v) is 5.27. The SMILES string of the molecule is CCC(N)C(OC(C)COC)c1ccccc1Br. The molecule has 0 saturated heterocycles. The van der Waals surface area contributed by atoms with Gasteiger partial charge >= 0.3 is 0 Å². The highest BCUT2D eigenvalue weighted by Crippen LogP contribution is 2.29. The summed E-state index contributed by atoms with van der Waals surface area (Å²) in [5.41, 5.74) is 7.27. The third kappa shape index (κ3) is 4.35. The second-order valence-electron chi connectivity index (χ2n) is 4.42. The molecular weight excluding hydrogens is 294 g/mol. The quantitative estimate of drug-likeness (QED) is 0.839. The molecule has 0 aromatic heterocycles. The van der Waals surface area contributed by atoms with Crippen molar-refractivity contribution >= 4 is 15.9 Å². The van der Waals surface area contributed by atoms with Crippen molar-refractivity contribution in [1.29, 1.82) is 0 Å². The molecule has 3 unspecified atom stereocenters. The van der Waals surface area contributed by atoms with Crippen LogP contribution in [0, 0.1) is 0 Å². The minimum absolute atomic E-state index is 0.0182. The average molecular weight is 316 g/mol. The van der Waals surface area contributed by atoms with Crippen LogP contribution < -0.4 is 5.73 Å². The van der Waals surface area contributed by atoms with Crippen LogP contribution in [-0.4, -0.2) is 25.9 Å². The van der Waals surface area contributed by atoms with Gasteiger partial charge in [-0.25, -0.2) is 0 Å². The van der Waals surface area contributed by atoms with Gasteiger partial charge in [0.2, 0.25) is 0 Å². The number of methoxy groups -OCH3 is 1. The fourth-order valence-electron chi connectivity index (χ4n) is 1.85. The lowest BCUT2D eigenvalue weighted by Crippen LogP contribution is -2.33. The van der Waals surface area contributed by atoms with Crippen molar-refractivity contribution in [3.63, 3.8) is 0 Å². The van der Waals surface area contributed by atoms with E-state index >= 15 is 0 Å². The van der Waals surface area contributed by atoms with E-state index in [0.717, 1.165) is 16.5 Å². The molecule has 1 aromatic rings. The molecule has 0 aliphatic rings. The average Bonchev–Trinajstić information content (AvgIpc) is 2.36. The zero-order valence-electron chi connectivity index (χ0n) is 11.2. The van der Waals surface area contributed by atoms with Crippen LogP contribution in [0.1, 0.15) is 31.9 Å². The predicted octanol–water partition coefficient (Wildman–Crippen LogP) is 3.28. The van der Waals surface area contributed by atoms with Crippen molar-refractivity contribution in [2.24, 2.45) is 5.73 Å². The van der Waals surface area contributed by atoms with Crippen molar-refractivity contribution in [2.75, 3.05) is 13.7 Å². The normalized spacial score (nSPS) is 16.3. The minimum Gasteiger partial charge on any atom is -0.382 e. The molecule has 1 rings (SSSR count). The van der Waals surface area contributed by atoms with E-state index in [4.69, 9.17) is 15.2 Å². The molecule has 102 valence electrons. The number of hydrogen-bond acceptors (Lipinski definition) is 3. The molecule has 1 aromatic carbocycles. The molecule has 0 aliphatic heterocycles. The molecule has 0 amide bonds. The first-order valence-electron chi connectivity index (χ1n) is 6.24. The maximum atomic E-state index is 6.18. The van der Waals surface area contributed by atoms with Crippen molar-refractivity contribution in [3.05, 3.63) is 34.3 Å². The molecule has 0 radical (unpaired) electrons. The van der Waals surface area contributed by atoms with Crippen LogP contribution in [0.4, 0.5) is 0 Å². The topological polar surface area (TPSA) is 44.5 Å². The largest absolute Gasteiger partial charge is 0.382 e. The summed E-state index contributed by atoms with van der Waals surface area (Å²) in [6, 6.07) is 8.02. The van der Waals surface area contributed by atoms with Gasteiger partial charge in [0.1, 0.15) is 0 Å². The van der Waals surface area contributed by atoms with E-state index in [-0.39, 0.29) is 18.2 Å².